The molecule has 3 heterocycles. The molecule has 1 aromatic carbocycles. The van der Waals surface area contributed by atoms with Gasteiger partial charge in [0.05, 0.1) is 24.0 Å². The molecule has 0 fully saturated rings. The van der Waals surface area contributed by atoms with Crippen molar-refractivity contribution >= 4 is 28.3 Å². The maximum Gasteiger partial charge on any atom is 0.256 e. The molecule has 0 aliphatic carbocycles. The van der Waals surface area contributed by atoms with Crippen LogP contribution in [0.25, 0.3) is 6.08 Å². The Bertz CT molecular complexity index is 810. The van der Waals surface area contributed by atoms with Crippen molar-refractivity contribution in [1.29, 1.82) is 0 Å². The first-order valence-corrected chi connectivity index (χ1v) is 9.20. The Morgan fingerprint density at radius 3 is 2.88 bits per heavy atom. The number of hydrogen-bond acceptors (Lipinski definition) is 3. The first-order valence-electron chi connectivity index (χ1n) is 8.38. The Morgan fingerprint density at radius 1 is 1.29 bits per heavy atom. The van der Waals surface area contributed by atoms with E-state index in [1.807, 2.05) is 18.2 Å². The van der Waals surface area contributed by atoms with E-state index in [9.17, 15) is 4.79 Å². The van der Waals surface area contributed by atoms with E-state index >= 15 is 0 Å². The highest BCUT2D eigenvalue weighted by Crippen LogP contribution is 2.37. The van der Waals surface area contributed by atoms with Gasteiger partial charge < -0.3 is 15.5 Å². The van der Waals surface area contributed by atoms with Crippen LogP contribution in [-0.4, -0.2) is 25.7 Å². The molecular formula is C19H22N3OS+. The van der Waals surface area contributed by atoms with Gasteiger partial charge in [-0.05, 0) is 23.6 Å². The van der Waals surface area contributed by atoms with Crippen molar-refractivity contribution in [2.45, 2.75) is 26.1 Å². The third-order valence-electron chi connectivity index (χ3n) is 4.78. The number of nitrogens with one attached hydrogen (secondary N) is 3. The fraction of sp³-hybridized carbons (Fsp3) is 0.316. The zero-order valence-electron chi connectivity index (χ0n) is 14.0. The molecule has 1 unspecified atom stereocenters. The zero-order chi connectivity index (χ0) is 16.7. The van der Waals surface area contributed by atoms with Gasteiger partial charge in [-0.3, -0.25) is 4.79 Å². The van der Waals surface area contributed by atoms with Gasteiger partial charge in [-0.15, -0.1) is 11.3 Å². The normalized spacial score (nSPS) is 23.1. The summed E-state index contributed by atoms with van der Waals surface area (Å²) in [5.41, 5.74) is 4.39. The van der Waals surface area contributed by atoms with Crippen molar-refractivity contribution in [3.63, 3.8) is 0 Å². The molecule has 24 heavy (non-hydrogen) atoms. The Morgan fingerprint density at radius 2 is 2.08 bits per heavy atom. The fourth-order valence-corrected chi connectivity index (χ4v) is 4.84. The summed E-state index contributed by atoms with van der Waals surface area (Å²) in [6, 6.07) is 10.2. The SMILES string of the molecule is C/C(=C\c1ccccc1)[C@H]1NC(=O)c2c(sc3c2CC[NH+](C)C3)N1. The number of thiophene rings is 1. The maximum atomic E-state index is 12.7. The summed E-state index contributed by atoms with van der Waals surface area (Å²) in [5, 5.41) is 7.68. The standard InChI is InChI=1S/C19H21N3OS/c1-12(10-13-6-4-3-5-7-13)17-20-18(23)16-14-8-9-22(2)11-15(14)24-19(16)21-17/h3-7,10,17,21H,8-9,11H2,1-2H3,(H,20,23)/p+1/b12-10+/t17-/m0/s1. The Balaban J connectivity index is 1.63. The molecule has 0 bridgehead atoms. The Labute approximate surface area is 146 Å². The van der Waals surface area contributed by atoms with Crippen molar-refractivity contribution in [1.82, 2.24) is 5.32 Å². The number of rotatable bonds is 2. The van der Waals surface area contributed by atoms with Crippen LogP contribution in [0.2, 0.25) is 0 Å². The van der Waals surface area contributed by atoms with E-state index in [4.69, 9.17) is 0 Å². The number of likely N-dealkylation sites (N-methyl/N-ethyl adjacent to an activating group) is 1. The summed E-state index contributed by atoms with van der Waals surface area (Å²) in [6.45, 7) is 4.17. The molecule has 1 aromatic heterocycles. The van der Waals surface area contributed by atoms with Crippen molar-refractivity contribution in [2.75, 3.05) is 18.9 Å². The molecule has 0 radical (unpaired) electrons. The topological polar surface area (TPSA) is 45.6 Å². The molecule has 4 rings (SSSR count). The molecule has 2 aliphatic heterocycles. The van der Waals surface area contributed by atoms with Crippen molar-refractivity contribution < 1.29 is 9.69 Å². The van der Waals surface area contributed by atoms with Crippen LogP contribution in [0.5, 0.6) is 0 Å². The van der Waals surface area contributed by atoms with E-state index < -0.39 is 0 Å². The summed E-state index contributed by atoms with van der Waals surface area (Å²) in [5.74, 6) is 0.0617. The number of benzene rings is 1. The number of anilines is 1. The lowest BCUT2D eigenvalue weighted by Gasteiger charge is -2.27. The minimum absolute atomic E-state index is 0.0617. The Hall–Kier alpha value is -2.11. The van der Waals surface area contributed by atoms with E-state index in [2.05, 4.69) is 42.8 Å². The second kappa shape index (κ2) is 6.07. The lowest BCUT2D eigenvalue weighted by Crippen LogP contribution is -3.08. The van der Waals surface area contributed by atoms with Crippen LogP contribution in [0.3, 0.4) is 0 Å². The van der Waals surface area contributed by atoms with Gasteiger partial charge >= 0.3 is 0 Å². The number of fused-ring (bicyclic) bond motifs is 3. The third-order valence-corrected chi connectivity index (χ3v) is 5.95. The summed E-state index contributed by atoms with van der Waals surface area (Å²) in [4.78, 5) is 15.6. The number of amides is 1. The molecule has 124 valence electrons. The van der Waals surface area contributed by atoms with E-state index in [1.54, 1.807) is 11.3 Å². The average molecular weight is 340 g/mol. The van der Waals surface area contributed by atoms with E-state index in [-0.39, 0.29) is 12.1 Å². The quantitative estimate of drug-likeness (QED) is 0.782. The summed E-state index contributed by atoms with van der Waals surface area (Å²) >= 11 is 1.75. The fourth-order valence-electron chi connectivity index (χ4n) is 3.46. The molecule has 1 amide bonds. The molecule has 2 aliphatic rings. The number of hydrogen-bond donors (Lipinski definition) is 3. The molecule has 2 atom stereocenters. The second-order valence-electron chi connectivity index (χ2n) is 6.69. The summed E-state index contributed by atoms with van der Waals surface area (Å²) in [7, 11) is 2.21. The minimum Gasteiger partial charge on any atom is -0.353 e. The molecular weight excluding hydrogens is 318 g/mol. The smallest absolute Gasteiger partial charge is 0.256 e. The first kappa shape index (κ1) is 15.4. The molecule has 0 saturated heterocycles. The van der Waals surface area contributed by atoms with Crippen molar-refractivity contribution in [3.8, 4) is 0 Å². The third kappa shape index (κ3) is 2.74. The largest absolute Gasteiger partial charge is 0.353 e. The number of carbonyl (C=O) groups excluding carboxylic acids is 1. The lowest BCUT2D eigenvalue weighted by molar-refractivity contribution is -0.895. The molecule has 0 spiro atoms. The molecule has 0 saturated carbocycles. The lowest BCUT2D eigenvalue weighted by atomic mass is 10.0. The van der Waals surface area contributed by atoms with E-state index in [0.717, 1.165) is 41.2 Å². The van der Waals surface area contributed by atoms with Gasteiger partial charge in [-0.25, -0.2) is 0 Å². The minimum atomic E-state index is -0.143. The van der Waals surface area contributed by atoms with Gasteiger partial charge in [0.15, 0.2) is 0 Å². The Kier molecular flexibility index (Phi) is 3.90. The van der Waals surface area contributed by atoms with Gasteiger partial charge in [0, 0.05) is 6.42 Å². The van der Waals surface area contributed by atoms with Crippen LogP contribution >= 0.6 is 11.3 Å². The molecule has 5 heteroatoms. The van der Waals surface area contributed by atoms with Gasteiger partial charge in [0.1, 0.15) is 17.7 Å². The number of quaternary nitrogens is 1. The van der Waals surface area contributed by atoms with Gasteiger partial charge in [0.2, 0.25) is 0 Å². The van der Waals surface area contributed by atoms with Crippen molar-refractivity contribution in [2.24, 2.45) is 0 Å². The van der Waals surface area contributed by atoms with E-state index in [0.29, 0.717) is 0 Å². The van der Waals surface area contributed by atoms with Crippen LogP contribution in [-0.2, 0) is 13.0 Å². The summed E-state index contributed by atoms with van der Waals surface area (Å²) in [6.07, 6.45) is 2.97. The monoisotopic (exact) mass is 340 g/mol. The van der Waals surface area contributed by atoms with Gasteiger partial charge in [-0.2, -0.15) is 0 Å². The molecule has 4 nitrogen and oxygen atoms in total. The van der Waals surface area contributed by atoms with Crippen LogP contribution in [0.4, 0.5) is 5.00 Å². The van der Waals surface area contributed by atoms with Crippen LogP contribution in [0, 0.1) is 0 Å². The molecule has 2 aromatic rings. The van der Waals surface area contributed by atoms with Crippen LogP contribution in [0.1, 0.15) is 33.3 Å². The van der Waals surface area contributed by atoms with Gasteiger partial charge in [0.25, 0.3) is 5.91 Å². The maximum absolute atomic E-state index is 12.7. The zero-order valence-corrected chi connectivity index (χ0v) is 14.8. The second-order valence-corrected chi connectivity index (χ2v) is 7.80. The summed E-state index contributed by atoms with van der Waals surface area (Å²) < 4.78 is 0. The van der Waals surface area contributed by atoms with Gasteiger partial charge in [-0.1, -0.05) is 36.4 Å². The highest BCUT2D eigenvalue weighted by atomic mass is 32.1. The average Bonchev–Trinajstić information content (AvgIpc) is 2.93. The first-order chi connectivity index (χ1) is 11.6. The predicted molar refractivity (Wildman–Crippen MR) is 98.5 cm³/mol. The highest BCUT2D eigenvalue weighted by Gasteiger charge is 2.33. The van der Waals surface area contributed by atoms with E-state index in [1.165, 1.54) is 15.3 Å². The van der Waals surface area contributed by atoms with Crippen LogP contribution in [0.15, 0.2) is 35.9 Å². The molecule has 3 N–H and O–H groups in total. The van der Waals surface area contributed by atoms with Crippen LogP contribution < -0.4 is 15.5 Å². The van der Waals surface area contributed by atoms with Crippen molar-refractivity contribution in [3.05, 3.63) is 57.5 Å². The highest BCUT2D eigenvalue weighted by molar-refractivity contribution is 7.16. The predicted octanol–water partition coefficient (Wildman–Crippen LogP) is 1.90. The number of carbonyl (C=O) groups is 1.